The summed E-state index contributed by atoms with van der Waals surface area (Å²) in [6.07, 6.45) is 1.53. The van der Waals surface area contributed by atoms with Crippen molar-refractivity contribution in [3.05, 3.63) is 64.1 Å². The summed E-state index contributed by atoms with van der Waals surface area (Å²) in [5.41, 5.74) is 0.954. The van der Waals surface area contributed by atoms with E-state index in [0.29, 0.717) is 17.9 Å². The van der Waals surface area contributed by atoms with Gasteiger partial charge in [0.05, 0.1) is 12.2 Å². The first kappa shape index (κ1) is 15.5. The summed E-state index contributed by atoms with van der Waals surface area (Å²) in [5.74, 6) is -0.798. The molecule has 0 saturated carbocycles. The highest BCUT2D eigenvalue weighted by Crippen LogP contribution is 2.12. The van der Waals surface area contributed by atoms with Gasteiger partial charge in [0.1, 0.15) is 0 Å². The standard InChI is InChI=1S/C16H16N2O4/c1-3-22-16(21)11-4-6-13(7-5-11)17-15(20)12-8-9-18(2)14(19)10-12/h4-10H,3H2,1-2H3,(H,17,20). The Bertz CT molecular complexity index is 747. The average Bonchev–Trinajstić information content (AvgIpc) is 2.51. The fraction of sp³-hybridized carbons (Fsp3) is 0.188. The van der Waals surface area contributed by atoms with Gasteiger partial charge >= 0.3 is 5.97 Å². The Labute approximate surface area is 127 Å². The lowest BCUT2D eigenvalue weighted by molar-refractivity contribution is 0.0526. The smallest absolute Gasteiger partial charge is 0.338 e. The van der Waals surface area contributed by atoms with E-state index < -0.39 is 5.97 Å². The quantitative estimate of drug-likeness (QED) is 0.874. The summed E-state index contributed by atoms with van der Waals surface area (Å²) in [6.45, 7) is 2.04. The van der Waals surface area contributed by atoms with Crippen molar-refractivity contribution in [3.8, 4) is 0 Å². The number of amides is 1. The van der Waals surface area contributed by atoms with Gasteiger partial charge in [-0.3, -0.25) is 9.59 Å². The van der Waals surface area contributed by atoms with E-state index in [0.717, 1.165) is 0 Å². The first-order valence-corrected chi connectivity index (χ1v) is 6.76. The van der Waals surface area contributed by atoms with Crippen LogP contribution in [0.4, 0.5) is 5.69 Å². The van der Waals surface area contributed by atoms with E-state index in [4.69, 9.17) is 4.74 Å². The minimum absolute atomic E-state index is 0.259. The van der Waals surface area contributed by atoms with Crippen LogP contribution in [0.2, 0.25) is 0 Å². The van der Waals surface area contributed by atoms with Gasteiger partial charge in [-0.2, -0.15) is 0 Å². The lowest BCUT2D eigenvalue weighted by atomic mass is 10.2. The molecule has 0 aliphatic carbocycles. The van der Waals surface area contributed by atoms with Crippen LogP contribution in [0.25, 0.3) is 0 Å². The van der Waals surface area contributed by atoms with Crippen LogP contribution in [0.3, 0.4) is 0 Å². The molecule has 0 spiro atoms. The van der Waals surface area contributed by atoms with Crippen LogP contribution in [-0.4, -0.2) is 23.1 Å². The molecule has 22 heavy (non-hydrogen) atoms. The van der Waals surface area contributed by atoms with Crippen LogP contribution in [0.1, 0.15) is 27.6 Å². The number of rotatable bonds is 4. The number of esters is 1. The molecule has 0 fully saturated rings. The van der Waals surface area contributed by atoms with Gasteiger partial charge in [0.15, 0.2) is 0 Å². The zero-order chi connectivity index (χ0) is 16.1. The molecule has 0 aliphatic heterocycles. The highest BCUT2D eigenvalue weighted by atomic mass is 16.5. The van der Waals surface area contributed by atoms with Crippen LogP contribution < -0.4 is 10.9 Å². The Balaban J connectivity index is 2.10. The van der Waals surface area contributed by atoms with Gasteiger partial charge in [0, 0.05) is 30.6 Å². The van der Waals surface area contributed by atoms with Crippen LogP contribution >= 0.6 is 0 Å². The topological polar surface area (TPSA) is 77.4 Å². The molecule has 1 heterocycles. The van der Waals surface area contributed by atoms with Crippen molar-refractivity contribution in [1.29, 1.82) is 0 Å². The van der Waals surface area contributed by atoms with Gasteiger partial charge in [-0.25, -0.2) is 4.79 Å². The number of aromatic nitrogens is 1. The van der Waals surface area contributed by atoms with Gasteiger partial charge < -0.3 is 14.6 Å². The van der Waals surface area contributed by atoms with Crippen LogP contribution in [0.5, 0.6) is 0 Å². The summed E-state index contributed by atoms with van der Waals surface area (Å²) in [4.78, 5) is 35.1. The maximum Gasteiger partial charge on any atom is 0.338 e. The van der Waals surface area contributed by atoms with Crippen LogP contribution in [0.15, 0.2) is 47.4 Å². The molecule has 1 aromatic heterocycles. The van der Waals surface area contributed by atoms with E-state index in [9.17, 15) is 14.4 Å². The molecule has 6 heteroatoms. The average molecular weight is 300 g/mol. The van der Waals surface area contributed by atoms with E-state index in [-0.39, 0.29) is 17.0 Å². The van der Waals surface area contributed by atoms with Crippen molar-refractivity contribution in [2.45, 2.75) is 6.92 Å². The fourth-order valence-electron chi connectivity index (χ4n) is 1.80. The van der Waals surface area contributed by atoms with E-state index in [1.165, 1.54) is 16.8 Å². The van der Waals surface area contributed by atoms with Gasteiger partial charge in [-0.1, -0.05) is 0 Å². The Kier molecular flexibility index (Phi) is 4.73. The van der Waals surface area contributed by atoms with Crippen molar-refractivity contribution >= 4 is 17.6 Å². The largest absolute Gasteiger partial charge is 0.462 e. The molecule has 0 saturated heterocycles. The molecule has 6 nitrogen and oxygen atoms in total. The molecule has 2 aromatic rings. The number of benzene rings is 1. The molecule has 0 unspecified atom stereocenters. The number of aryl methyl sites for hydroxylation is 1. The minimum Gasteiger partial charge on any atom is -0.462 e. The third-order valence-electron chi connectivity index (χ3n) is 3.02. The number of ether oxygens (including phenoxy) is 1. The van der Waals surface area contributed by atoms with Crippen LogP contribution in [0, 0.1) is 0 Å². The maximum absolute atomic E-state index is 12.0. The number of anilines is 1. The predicted molar refractivity (Wildman–Crippen MR) is 82.0 cm³/mol. The van der Waals surface area contributed by atoms with Gasteiger partial charge in [-0.15, -0.1) is 0 Å². The van der Waals surface area contributed by atoms with Crippen molar-refractivity contribution in [3.63, 3.8) is 0 Å². The second-order valence-corrected chi connectivity index (χ2v) is 4.62. The normalized spacial score (nSPS) is 10.1. The number of hydrogen-bond donors (Lipinski definition) is 1. The summed E-state index contributed by atoms with van der Waals surface area (Å²) in [6, 6.07) is 9.16. The Morgan fingerprint density at radius 3 is 2.41 bits per heavy atom. The predicted octanol–water partition coefficient (Wildman–Crippen LogP) is 1.81. The summed E-state index contributed by atoms with van der Waals surface area (Å²) < 4.78 is 6.26. The molecule has 0 bridgehead atoms. The van der Waals surface area contributed by atoms with E-state index >= 15 is 0 Å². The fourth-order valence-corrected chi connectivity index (χ4v) is 1.80. The van der Waals surface area contributed by atoms with Crippen molar-refractivity contribution in [2.75, 3.05) is 11.9 Å². The number of pyridine rings is 1. The highest BCUT2D eigenvalue weighted by Gasteiger charge is 2.09. The minimum atomic E-state index is -0.410. The second-order valence-electron chi connectivity index (χ2n) is 4.62. The summed E-state index contributed by atoms with van der Waals surface area (Å²) in [7, 11) is 1.61. The molecule has 1 aromatic carbocycles. The Hall–Kier alpha value is -2.89. The monoisotopic (exact) mass is 300 g/mol. The van der Waals surface area contributed by atoms with E-state index in [2.05, 4.69) is 5.32 Å². The Morgan fingerprint density at radius 2 is 1.82 bits per heavy atom. The molecule has 114 valence electrons. The number of hydrogen-bond acceptors (Lipinski definition) is 4. The first-order chi connectivity index (χ1) is 10.5. The second kappa shape index (κ2) is 6.71. The van der Waals surface area contributed by atoms with E-state index in [1.807, 2.05) is 0 Å². The zero-order valence-corrected chi connectivity index (χ0v) is 12.3. The van der Waals surface area contributed by atoms with Crippen molar-refractivity contribution in [1.82, 2.24) is 4.57 Å². The van der Waals surface area contributed by atoms with Crippen molar-refractivity contribution in [2.24, 2.45) is 7.05 Å². The number of carbonyl (C=O) groups excluding carboxylic acids is 2. The third-order valence-corrected chi connectivity index (χ3v) is 3.02. The molecule has 2 rings (SSSR count). The molecule has 0 radical (unpaired) electrons. The summed E-state index contributed by atoms with van der Waals surface area (Å²) >= 11 is 0. The maximum atomic E-state index is 12.0. The van der Waals surface area contributed by atoms with Gasteiger partial charge in [0.25, 0.3) is 11.5 Å². The number of carbonyl (C=O) groups is 2. The zero-order valence-electron chi connectivity index (χ0n) is 12.3. The van der Waals surface area contributed by atoms with Gasteiger partial charge in [-0.05, 0) is 37.3 Å². The molecular formula is C16H16N2O4. The van der Waals surface area contributed by atoms with Crippen molar-refractivity contribution < 1.29 is 14.3 Å². The summed E-state index contributed by atoms with van der Waals surface area (Å²) in [5, 5.41) is 2.66. The number of nitrogens with one attached hydrogen (secondary N) is 1. The molecule has 0 aliphatic rings. The first-order valence-electron chi connectivity index (χ1n) is 6.76. The lowest BCUT2D eigenvalue weighted by Gasteiger charge is -2.07. The molecule has 1 N–H and O–H groups in total. The number of nitrogens with zero attached hydrogens (tertiary/aromatic N) is 1. The lowest BCUT2D eigenvalue weighted by Crippen LogP contribution is -2.20. The molecule has 1 amide bonds. The molecular weight excluding hydrogens is 284 g/mol. The highest BCUT2D eigenvalue weighted by molar-refractivity contribution is 6.04. The Morgan fingerprint density at radius 1 is 1.14 bits per heavy atom. The SMILES string of the molecule is CCOC(=O)c1ccc(NC(=O)c2ccn(C)c(=O)c2)cc1. The van der Waals surface area contributed by atoms with Crippen LogP contribution in [-0.2, 0) is 11.8 Å². The third kappa shape index (κ3) is 3.60. The van der Waals surface area contributed by atoms with Gasteiger partial charge in [0.2, 0.25) is 0 Å². The van der Waals surface area contributed by atoms with E-state index in [1.54, 1.807) is 44.3 Å². The molecule has 0 atom stereocenters.